The Kier molecular flexibility index (Phi) is 8.26. The van der Waals surface area contributed by atoms with E-state index in [2.05, 4.69) is 4.72 Å². The minimum atomic E-state index is -4.29. The van der Waals surface area contributed by atoms with Crippen molar-refractivity contribution in [3.63, 3.8) is 0 Å². The Morgan fingerprint density at radius 2 is 1.65 bits per heavy atom. The van der Waals surface area contributed by atoms with Gasteiger partial charge in [0.2, 0.25) is 0 Å². The van der Waals surface area contributed by atoms with Crippen LogP contribution in [0.15, 0.2) is 82.8 Å². The van der Waals surface area contributed by atoms with E-state index in [1.54, 1.807) is 6.92 Å². The number of rotatable bonds is 9. The zero-order chi connectivity index (χ0) is 29.3. The van der Waals surface area contributed by atoms with E-state index in [9.17, 15) is 18.3 Å². The molecule has 2 aliphatic rings. The van der Waals surface area contributed by atoms with Gasteiger partial charge in [-0.05, 0) is 58.1 Å². The molecule has 9 heteroatoms. The number of allylic oxidation sites excluding steroid dienone is 1. The number of cyclic esters (lactones) is 1. The summed E-state index contributed by atoms with van der Waals surface area (Å²) >= 11 is 0. The van der Waals surface area contributed by atoms with Gasteiger partial charge in [-0.3, -0.25) is 4.72 Å². The van der Waals surface area contributed by atoms with Gasteiger partial charge in [0, 0.05) is 24.7 Å². The van der Waals surface area contributed by atoms with Crippen molar-refractivity contribution in [2.24, 2.45) is 0 Å². The Bertz CT molecular complexity index is 1400. The molecule has 2 N–H and O–H groups in total. The molecule has 4 rings (SSSR count). The first-order chi connectivity index (χ1) is 18.8. The average Bonchev–Trinajstić information content (AvgIpc) is 3.18. The second-order valence-corrected chi connectivity index (χ2v) is 13.3. The number of carbonyl (C=O) groups excluding carboxylic acids is 1. The van der Waals surface area contributed by atoms with Crippen LogP contribution in [0.4, 0.5) is 0 Å². The van der Waals surface area contributed by atoms with E-state index in [0.29, 0.717) is 25.0 Å². The maximum Gasteiger partial charge on any atom is 0.359 e. The predicted molar refractivity (Wildman–Crippen MR) is 156 cm³/mol. The highest BCUT2D eigenvalue weighted by atomic mass is 32.2. The number of aliphatic hydroxyl groups excluding tert-OH is 1. The Hall–Kier alpha value is -3.46. The Labute approximate surface area is 238 Å². The Morgan fingerprint density at radius 1 is 1.05 bits per heavy atom. The van der Waals surface area contributed by atoms with Crippen molar-refractivity contribution >= 4 is 16.0 Å². The highest BCUT2D eigenvalue weighted by Gasteiger charge is 2.48. The minimum absolute atomic E-state index is 0.0465. The number of carbonyl (C=O) groups is 1. The molecule has 0 amide bonds. The first kappa shape index (κ1) is 29.5. The van der Waals surface area contributed by atoms with E-state index in [1.807, 2.05) is 105 Å². The van der Waals surface area contributed by atoms with Crippen LogP contribution in [0.25, 0.3) is 0 Å². The van der Waals surface area contributed by atoms with Gasteiger partial charge < -0.3 is 19.6 Å². The van der Waals surface area contributed by atoms with E-state index in [4.69, 9.17) is 4.74 Å². The van der Waals surface area contributed by atoms with Crippen molar-refractivity contribution in [2.45, 2.75) is 84.0 Å². The lowest BCUT2D eigenvalue weighted by atomic mass is 9.85. The second kappa shape index (κ2) is 11.2. The van der Waals surface area contributed by atoms with Crippen LogP contribution in [-0.2, 0) is 26.0 Å². The lowest BCUT2D eigenvalue weighted by Gasteiger charge is -2.42. The number of sulfonamides is 1. The molecule has 216 valence electrons. The number of hydrogen-bond acceptors (Lipinski definition) is 7. The van der Waals surface area contributed by atoms with E-state index < -0.39 is 32.8 Å². The molecule has 0 spiro atoms. The fraction of sp³-hybridized carbons (Fsp3) is 0.452. The lowest BCUT2D eigenvalue weighted by molar-refractivity contribution is -0.161. The summed E-state index contributed by atoms with van der Waals surface area (Å²) in [6.07, 6.45) is 2.17. The van der Waals surface area contributed by atoms with Gasteiger partial charge in [0.25, 0.3) is 10.0 Å². The molecule has 0 bridgehead atoms. The number of esters is 1. The van der Waals surface area contributed by atoms with E-state index in [-0.39, 0.29) is 23.4 Å². The van der Waals surface area contributed by atoms with Crippen molar-refractivity contribution in [1.29, 1.82) is 0 Å². The number of ether oxygens (including phenoxy) is 1. The van der Waals surface area contributed by atoms with Crippen LogP contribution in [0.3, 0.4) is 0 Å². The first-order valence-corrected chi connectivity index (χ1v) is 15.3. The SMILES string of the molecule is CCCC1(CCc2ccccc2)CC(O)=C(NS(=O)(=O)C2=C(C)N(C)C(c3ccccc3)N2C(C)(C)C)C(=O)O1. The summed E-state index contributed by atoms with van der Waals surface area (Å²) in [5, 5.41) is 11.1. The topological polar surface area (TPSA) is 99.2 Å². The van der Waals surface area contributed by atoms with Crippen molar-refractivity contribution in [2.75, 3.05) is 7.05 Å². The molecule has 0 saturated carbocycles. The smallest absolute Gasteiger partial charge is 0.359 e. The Balaban J connectivity index is 1.65. The fourth-order valence-electron chi connectivity index (χ4n) is 5.74. The predicted octanol–water partition coefficient (Wildman–Crippen LogP) is 5.73. The maximum atomic E-state index is 14.0. The summed E-state index contributed by atoms with van der Waals surface area (Å²) in [7, 11) is -2.44. The van der Waals surface area contributed by atoms with Gasteiger partial charge in [-0.1, -0.05) is 74.0 Å². The molecule has 2 aromatic carbocycles. The molecule has 0 fully saturated rings. The monoisotopic (exact) mass is 567 g/mol. The maximum absolute atomic E-state index is 14.0. The summed E-state index contributed by atoms with van der Waals surface area (Å²) in [4.78, 5) is 17.1. The molecule has 0 saturated heterocycles. The highest BCUT2D eigenvalue weighted by Crippen LogP contribution is 2.45. The van der Waals surface area contributed by atoms with Gasteiger partial charge in [-0.15, -0.1) is 0 Å². The first-order valence-electron chi connectivity index (χ1n) is 13.8. The van der Waals surface area contributed by atoms with Crippen LogP contribution in [0.2, 0.25) is 0 Å². The molecule has 2 unspecified atom stereocenters. The number of nitrogens with one attached hydrogen (secondary N) is 1. The normalized spacial score (nSPS) is 22.1. The molecule has 40 heavy (non-hydrogen) atoms. The summed E-state index contributed by atoms with van der Waals surface area (Å²) in [6.45, 7) is 9.58. The van der Waals surface area contributed by atoms with Gasteiger partial charge >= 0.3 is 5.97 Å². The third-order valence-corrected chi connectivity index (χ3v) is 9.16. The Morgan fingerprint density at radius 3 is 2.20 bits per heavy atom. The van der Waals surface area contributed by atoms with Crippen molar-refractivity contribution in [3.8, 4) is 0 Å². The number of nitrogens with zero attached hydrogens (tertiary/aromatic N) is 2. The largest absolute Gasteiger partial charge is 0.510 e. The molecule has 2 atom stereocenters. The molecule has 2 heterocycles. The van der Waals surface area contributed by atoms with Gasteiger partial charge in [-0.25, -0.2) is 4.79 Å². The van der Waals surface area contributed by atoms with Crippen LogP contribution in [0.1, 0.15) is 77.6 Å². The molecule has 2 aromatic rings. The molecule has 0 aromatic heterocycles. The standard InChI is InChI=1S/C31H41N3O5S/c1-7-19-31(20-18-23-14-10-8-11-15-23)21-25(35)26(29(36)39-31)32-40(37,38)28-22(2)33(6)27(34(28)30(3,4)5)24-16-12-9-13-17-24/h8-17,27,32,35H,7,18-21H2,1-6H3. The molecule has 0 aliphatic carbocycles. The number of aliphatic hydroxyl groups is 1. The van der Waals surface area contributed by atoms with E-state index >= 15 is 0 Å². The highest BCUT2D eigenvalue weighted by molar-refractivity contribution is 7.93. The van der Waals surface area contributed by atoms with E-state index in [0.717, 1.165) is 17.5 Å². The molecule has 8 nitrogen and oxygen atoms in total. The van der Waals surface area contributed by atoms with Gasteiger partial charge in [0.1, 0.15) is 17.5 Å². The lowest BCUT2D eigenvalue weighted by Crippen LogP contribution is -2.48. The van der Waals surface area contributed by atoms with E-state index in [1.165, 1.54) is 0 Å². The van der Waals surface area contributed by atoms with Crippen LogP contribution in [0, 0.1) is 0 Å². The molecular weight excluding hydrogens is 526 g/mol. The number of benzene rings is 2. The quantitative estimate of drug-likeness (QED) is 0.374. The third-order valence-electron chi connectivity index (χ3n) is 7.69. The molecular formula is C31H41N3O5S. The average molecular weight is 568 g/mol. The molecule has 0 radical (unpaired) electrons. The van der Waals surface area contributed by atoms with Crippen LogP contribution in [-0.4, -0.2) is 47.5 Å². The number of aryl methyl sites for hydroxylation is 1. The van der Waals surface area contributed by atoms with Crippen LogP contribution in [0.5, 0.6) is 0 Å². The van der Waals surface area contributed by atoms with Crippen LogP contribution >= 0.6 is 0 Å². The van der Waals surface area contributed by atoms with Crippen molar-refractivity contribution in [1.82, 2.24) is 14.5 Å². The van der Waals surface area contributed by atoms with Gasteiger partial charge in [0.15, 0.2) is 10.7 Å². The fourth-order valence-corrected chi connectivity index (χ4v) is 7.47. The number of hydrogen-bond donors (Lipinski definition) is 2. The minimum Gasteiger partial charge on any atom is -0.510 e. The summed E-state index contributed by atoms with van der Waals surface area (Å²) < 4.78 is 36.3. The van der Waals surface area contributed by atoms with Crippen LogP contribution < -0.4 is 4.72 Å². The molecule has 2 aliphatic heterocycles. The van der Waals surface area contributed by atoms with Crippen molar-refractivity contribution < 1.29 is 23.1 Å². The summed E-state index contributed by atoms with van der Waals surface area (Å²) in [5.41, 5.74) is 0.654. The zero-order valence-corrected chi connectivity index (χ0v) is 25.1. The summed E-state index contributed by atoms with van der Waals surface area (Å²) in [5.74, 6) is -1.16. The van der Waals surface area contributed by atoms with Gasteiger partial charge in [-0.2, -0.15) is 8.42 Å². The zero-order valence-electron chi connectivity index (χ0n) is 24.3. The van der Waals surface area contributed by atoms with Gasteiger partial charge in [0.05, 0.1) is 0 Å². The van der Waals surface area contributed by atoms with Crippen molar-refractivity contribution in [3.05, 3.63) is 94.0 Å². The third kappa shape index (κ3) is 5.84. The summed E-state index contributed by atoms with van der Waals surface area (Å²) in [6, 6.07) is 19.6. The second-order valence-electron chi connectivity index (χ2n) is 11.7.